The van der Waals surface area contributed by atoms with Gasteiger partial charge in [0.1, 0.15) is 0 Å². The quantitative estimate of drug-likeness (QED) is 0.646. The molecule has 0 saturated carbocycles. The molecule has 1 N–H and O–H groups in total. The second-order valence-corrected chi connectivity index (χ2v) is 7.77. The van der Waals surface area contributed by atoms with Gasteiger partial charge in [0.25, 0.3) is 8.32 Å². The van der Waals surface area contributed by atoms with Crippen LogP contribution in [0, 0.1) is 0 Å². The lowest BCUT2D eigenvalue weighted by Crippen LogP contribution is -2.45. The average Bonchev–Trinajstić information content (AvgIpc) is 2.27. The Kier molecular flexibility index (Phi) is 4.22. The van der Waals surface area contributed by atoms with E-state index < -0.39 is 20.3 Å². The topological polar surface area (TPSA) is 63.6 Å². The molecule has 0 aliphatic carbocycles. The number of carbonyl (C=O) groups excluding carboxylic acids is 1. The molecule has 5 heteroatoms. The first-order valence-corrected chi connectivity index (χ1v) is 8.02. The van der Waals surface area contributed by atoms with E-state index in [9.17, 15) is 9.59 Å². The first-order valence-electron chi connectivity index (χ1n) is 5.11. The minimum absolute atomic E-state index is 0.618. The molecule has 0 atom stereocenters. The molecule has 0 bridgehead atoms. The van der Waals surface area contributed by atoms with Crippen molar-refractivity contribution in [2.75, 3.05) is 0 Å². The maximum atomic E-state index is 11.4. The molecular formula is C12H14O4Si. The van der Waals surface area contributed by atoms with Crippen LogP contribution in [0.4, 0.5) is 0 Å². The molecule has 1 rings (SSSR count). The van der Waals surface area contributed by atoms with Gasteiger partial charge in [-0.15, -0.1) is 0 Å². The van der Waals surface area contributed by atoms with Crippen molar-refractivity contribution >= 4 is 25.4 Å². The van der Waals surface area contributed by atoms with Crippen molar-refractivity contribution in [2.45, 2.75) is 13.1 Å². The van der Waals surface area contributed by atoms with Gasteiger partial charge in [-0.1, -0.05) is 30.3 Å². The summed E-state index contributed by atoms with van der Waals surface area (Å²) in [6, 6.07) is 9.46. The van der Waals surface area contributed by atoms with Crippen LogP contribution in [0.15, 0.2) is 42.5 Å². The van der Waals surface area contributed by atoms with Gasteiger partial charge in [0.2, 0.25) is 0 Å². The molecule has 1 aromatic rings. The minimum atomic E-state index is -2.31. The van der Waals surface area contributed by atoms with Gasteiger partial charge in [-0.05, 0) is 18.3 Å². The third kappa shape index (κ3) is 4.24. The smallest absolute Gasteiger partial charge is 0.328 e. The van der Waals surface area contributed by atoms with Gasteiger partial charge >= 0.3 is 11.9 Å². The van der Waals surface area contributed by atoms with E-state index in [1.54, 1.807) is 0 Å². The van der Waals surface area contributed by atoms with Crippen molar-refractivity contribution in [3.8, 4) is 0 Å². The number of aliphatic carboxylic acids is 1. The van der Waals surface area contributed by atoms with Crippen LogP contribution in [0.3, 0.4) is 0 Å². The van der Waals surface area contributed by atoms with Crippen LogP contribution in [0.25, 0.3) is 0 Å². The summed E-state index contributed by atoms with van der Waals surface area (Å²) in [6.45, 7) is 3.77. The van der Waals surface area contributed by atoms with E-state index in [0.717, 1.165) is 17.3 Å². The normalized spacial score (nSPS) is 11.4. The highest BCUT2D eigenvalue weighted by Crippen LogP contribution is 2.06. The molecule has 0 heterocycles. The Balaban J connectivity index is 2.74. The third-order valence-corrected chi connectivity index (χ3v) is 4.62. The minimum Gasteiger partial charge on any atom is -0.512 e. The third-order valence-electron chi connectivity index (χ3n) is 2.19. The van der Waals surface area contributed by atoms with E-state index in [2.05, 4.69) is 0 Å². The summed E-state index contributed by atoms with van der Waals surface area (Å²) in [7, 11) is -2.31. The summed E-state index contributed by atoms with van der Waals surface area (Å²) in [6.07, 6.45) is 1.71. The average molecular weight is 250 g/mol. The summed E-state index contributed by atoms with van der Waals surface area (Å²) >= 11 is 0. The Labute approximate surface area is 101 Å². The first-order chi connectivity index (χ1) is 7.92. The van der Waals surface area contributed by atoms with Gasteiger partial charge in [0, 0.05) is 12.2 Å². The molecule has 0 aromatic heterocycles. The van der Waals surface area contributed by atoms with Crippen molar-refractivity contribution in [3.63, 3.8) is 0 Å². The van der Waals surface area contributed by atoms with E-state index in [0.29, 0.717) is 0 Å². The lowest BCUT2D eigenvalue weighted by Gasteiger charge is -2.22. The molecule has 0 fully saturated rings. The van der Waals surface area contributed by atoms with Gasteiger partial charge in [-0.3, -0.25) is 0 Å². The van der Waals surface area contributed by atoms with E-state index in [-0.39, 0.29) is 0 Å². The Bertz CT molecular complexity index is 437. The SMILES string of the molecule is C[Si](C)(OC(=O)/C=C\C(=O)O)c1ccccc1. The number of carboxylic acids is 1. The molecule has 0 unspecified atom stereocenters. The number of carbonyl (C=O) groups is 2. The molecule has 0 spiro atoms. The number of benzene rings is 1. The molecular weight excluding hydrogens is 236 g/mol. The van der Waals surface area contributed by atoms with Gasteiger partial charge in [-0.25, -0.2) is 9.59 Å². The maximum Gasteiger partial charge on any atom is 0.328 e. The predicted octanol–water partition coefficient (Wildman–Crippen LogP) is 1.28. The van der Waals surface area contributed by atoms with E-state index in [4.69, 9.17) is 9.53 Å². The number of hydrogen-bond donors (Lipinski definition) is 1. The Morgan fingerprint density at radius 1 is 1.18 bits per heavy atom. The molecule has 0 aliphatic heterocycles. The van der Waals surface area contributed by atoms with Gasteiger partial charge < -0.3 is 9.53 Å². The number of rotatable bonds is 4. The van der Waals surface area contributed by atoms with Crippen molar-refractivity contribution in [2.24, 2.45) is 0 Å². The molecule has 4 nitrogen and oxygen atoms in total. The highest BCUT2D eigenvalue weighted by molar-refractivity contribution is 6.85. The fourth-order valence-electron chi connectivity index (χ4n) is 1.32. The fraction of sp³-hybridized carbons (Fsp3) is 0.167. The van der Waals surface area contributed by atoms with Crippen LogP contribution in [-0.4, -0.2) is 25.4 Å². The molecule has 1 aromatic carbocycles. The van der Waals surface area contributed by atoms with Crippen LogP contribution in [0.1, 0.15) is 0 Å². The van der Waals surface area contributed by atoms with Crippen molar-refractivity contribution in [1.82, 2.24) is 0 Å². The summed E-state index contributed by atoms with van der Waals surface area (Å²) < 4.78 is 5.32. The molecule has 0 amide bonds. The van der Waals surface area contributed by atoms with Crippen molar-refractivity contribution in [1.29, 1.82) is 0 Å². The monoisotopic (exact) mass is 250 g/mol. The zero-order valence-electron chi connectivity index (χ0n) is 9.71. The van der Waals surface area contributed by atoms with E-state index >= 15 is 0 Å². The lowest BCUT2D eigenvalue weighted by molar-refractivity contribution is -0.133. The second kappa shape index (κ2) is 5.45. The van der Waals surface area contributed by atoms with Gasteiger partial charge in [0.05, 0.1) is 0 Å². The van der Waals surface area contributed by atoms with E-state index in [1.807, 2.05) is 43.4 Å². The highest BCUT2D eigenvalue weighted by atomic mass is 28.4. The van der Waals surface area contributed by atoms with Crippen LogP contribution < -0.4 is 5.19 Å². The first kappa shape index (κ1) is 13.2. The molecule has 17 heavy (non-hydrogen) atoms. The predicted molar refractivity (Wildman–Crippen MR) is 66.4 cm³/mol. The summed E-state index contributed by atoms with van der Waals surface area (Å²) in [5, 5.41) is 9.38. The molecule has 0 radical (unpaired) electrons. The van der Waals surface area contributed by atoms with Gasteiger partial charge in [0.15, 0.2) is 0 Å². The van der Waals surface area contributed by atoms with Crippen LogP contribution in [-0.2, 0) is 14.0 Å². The largest absolute Gasteiger partial charge is 0.512 e. The molecule has 90 valence electrons. The summed E-state index contributed by atoms with van der Waals surface area (Å²) in [4.78, 5) is 21.7. The standard InChI is InChI=1S/C12H14O4Si/c1-17(2,10-6-4-3-5-7-10)16-12(15)9-8-11(13)14/h3-9H,1-2H3,(H,13,14)/b9-8-. The number of carboxylic acid groups (broad SMARTS) is 1. The van der Waals surface area contributed by atoms with Crippen LogP contribution >= 0.6 is 0 Å². The van der Waals surface area contributed by atoms with Gasteiger partial charge in [-0.2, -0.15) is 0 Å². The molecule has 0 saturated heterocycles. The van der Waals surface area contributed by atoms with Crippen molar-refractivity contribution in [3.05, 3.63) is 42.5 Å². The Hall–Kier alpha value is -1.88. The zero-order valence-corrected chi connectivity index (χ0v) is 10.7. The lowest BCUT2D eigenvalue weighted by atomic mass is 10.4. The maximum absolute atomic E-state index is 11.4. The Morgan fingerprint density at radius 3 is 2.29 bits per heavy atom. The molecule has 0 aliphatic rings. The summed E-state index contributed by atoms with van der Waals surface area (Å²) in [5.41, 5.74) is 0. The van der Waals surface area contributed by atoms with E-state index in [1.165, 1.54) is 0 Å². The van der Waals surface area contributed by atoms with Crippen molar-refractivity contribution < 1.29 is 19.1 Å². The fourth-order valence-corrected chi connectivity index (χ4v) is 3.01. The zero-order chi connectivity index (χ0) is 12.9. The van der Waals surface area contributed by atoms with Crippen LogP contribution in [0.2, 0.25) is 13.1 Å². The Morgan fingerprint density at radius 2 is 1.76 bits per heavy atom. The van der Waals surface area contributed by atoms with Crippen LogP contribution in [0.5, 0.6) is 0 Å². The summed E-state index contributed by atoms with van der Waals surface area (Å²) in [5.74, 6) is -1.78. The number of hydrogen-bond acceptors (Lipinski definition) is 3. The second-order valence-electron chi connectivity index (χ2n) is 3.97. The highest BCUT2D eigenvalue weighted by Gasteiger charge is 2.28.